The van der Waals surface area contributed by atoms with E-state index in [-0.39, 0.29) is 18.6 Å². The van der Waals surface area contributed by atoms with Crippen molar-refractivity contribution < 1.29 is 24.6 Å². The highest BCUT2D eigenvalue weighted by atomic mass is 16.4. The summed E-state index contributed by atoms with van der Waals surface area (Å²) in [5.41, 5.74) is 1.05. The lowest BCUT2D eigenvalue weighted by molar-refractivity contribution is -0.143. The summed E-state index contributed by atoms with van der Waals surface area (Å²) in [6.45, 7) is 4.10. The number of hydrogen-bond acceptors (Lipinski definition) is 3. The molecule has 1 aromatic rings. The smallest absolute Gasteiger partial charge is 0.326 e. The van der Waals surface area contributed by atoms with Crippen molar-refractivity contribution in [2.24, 2.45) is 5.92 Å². The molecule has 2 rings (SSSR count). The lowest BCUT2D eigenvalue weighted by Gasteiger charge is -2.34. The Hall–Kier alpha value is -2.57. The van der Waals surface area contributed by atoms with Crippen LogP contribution in [-0.4, -0.2) is 63.2 Å². The highest BCUT2D eigenvalue weighted by molar-refractivity contribution is 5.84. The molecule has 1 aliphatic heterocycles. The van der Waals surface area contributed by atoms with Crippen LogP contribution < -0.4 is 0 Å². The molecule has 0 saturated carbocycles. The molecule has 0 aromatic heterocycles. The molecule has 1 unspecified atom stereocenters. The van der Waals surface area contributed by atoms with Gasteiger partial charge in [-0.05, 0) is 45.1 Å². The average molecular weight is 376 g/mol. The summed E-state index contributed by atoms with van der Waals surface area (Å²) < 4.78 is 0. The summed E-state index contributed by atoms with van der Waals surface area (Å²) in [5.74, 6) is -2.66. The molecular weight excluding hydrogens is 348 g/mol. The van der Waals surface area contributed by atoms with Gasteiger partial charge >= 0.3 is 18.0 Å². The Labute approximate surface area is 159 Å². The quantitative estimate of drug-likeness (QED) is 0.727. The van der Waals surface area contributed by atoms with Gasteiger partial charge in [-0.15, -0.1) is 0 Å². The number of nitrogens with zero attached hydrogens (tertiary/aromatic N) is 2. The van der Waals surface area contributed by atoms with Crippen LogP contribution in [0.2, 0.25) is 0 Å². The Kier molecular flexibility index (Phi) is 7.21. The summed E-state index contributed by atoms with van der Waals surface area (Å²) in [5, 5.41) is 19.0. The Morgan fingerprint density at radius 2 is 1.85 bits per heavy atom. The van der Waals surface area contributed by atoms with Gasteiger partial charge in [-0.2, -0.15) is 0 Å². The first-order valence-corrected chi connectivity index (χ1v) is 9.38. The van der Waals surface area contributed by atoms with Crippen LogP contribution >= 0.6 is 0 Å². The van der Waals surface area contributed by atoms with Crippen LogP contribution in [0.15, 0.2) is 30.3 Å². The molecule has 2 N–H and O–H groups in total. The predicted octanol–water partition coefficient (Wildman–Crippen LogP) is 2.70. The Bertz CT molecular complexity index is 662. The third-order valence-electron chi connectivity index (χ3n) is 5.04. The molecule has 0 radical (unpaired) electrons. The SMILES string of the molecule is CC(C)N(CC(CCc1ccccc1)C(=O)O)C(=O)N1CCC[C@H]1C(=O)O. The molecule has 1 aromatic carbocycles. The summed E-state index contributed by atoms with van der Waals surface area (Å²) in [6.07, 6.45) is 2.10. The number of carboxylic acids is 2. The maximum atomic E-state index is 12.9. The lowest BCUT2D eigenvalue weighted by atomic mass is 9.98. The van der Waals surface area contributed by atoms with E-state index in [1.165, 1.54) is 9.80 Å². The first-order chi connectivity index (χ1) is 12.8. The average Bonchev–Trinajstić information content (AvgIpc) is 3.11. The molecule has 7 heteroatoms. The number of urea groups is 1. The molecule has 1 aliphatic rings. The van der Waals surface area contributed by atoms with Crippen LogP contribution in [0.4, 0.5) is 4.79 Å². The van der Waals surface area contributed by atoms with E-state index in [1.807, 2.05) is 44.2 Å². The van der Waals surface area contributed by atoms with Crippen LogP contribution in [-0.2, 0) is 16.0 Å². The van der Waals surface area contributed by atoms with Crippen LogP contribution in [0.25, 0.3) is 0 Å². The normalized spacial score (nSPS) is 17.7. The molecule has 1 fully saturated rings. The second-order valence-electron chi connectivity index (χ2n) is 7.28. The van der Waals surface area contributed by atoms with Crippen molar-refractivity contribution in [2.45, 2.75) is 51.6 Å². The third-order valence-corrected chi connectivity index (χ3v) is 5.04. The van der Waals surface area contributed by atoms with E-state index in [0.29, 0.717) is 32.2 Å². The standard InChI is InChI=1S/C20H28N2O5/c1-14(2)22(20(27)21-12-6-9-17(21)19(25)26)13-16(18(23)24)11-10-15-7-4-3-5-8-15/h3-5,7-8,14,16-17H,6,9-13H2,1-2H3,(H,23,24)(H,25,26)/t16?,17-/m0/s1. The number of amides is 2. The number of rotatable bonds is 8. The van der Waals surface area contributed by atoms with Gasteiger partial charge in [0, 0.05) is 19.1 Å². The highest BCUT2D eigenvalue weighted by Crippen LogP contribution is 2.22. The maximum Gasteiger partial charge on any atom is 0.326 e. The highest BCUT2D eigenvalue weighted by Gasteiger charge is 2.38. The Balaban J connectivity index is 2.08. The minimum atomic E-state index is -1.01. The lowest BCUT2D eigenvalue weighted by Crippen LogP contribution is -2.52. The van der Waals surface area contributed by atoms with Gasteiger partial charge in [0.1, 0.15) is 6.04 Å². The fraction of sp³-hybridized carbons (Fsp3) is 0.550. The molecule has 27 heavy (non-hydrogen) atoms. The minimum absolute atomic E-state index is 0.0709. The number of carbonyl (C=O) groups excluding carboxylic acids is 1. The van der Waals surface area contributed by atoms with E-state index in [1.54, 1.807) is 0 Å². The van der Waals surface area contributed by atoms with Gasteiger partial charge in [0.05, 0.1) is 5.92 Å². The number of aliphatic carboxylic acids is 2. The topological polar surface area (TPSA) is 98.2 Å². The Morgan fingerprint density at radius 3 is 2.41 bits per heavy atom. The van der Waals surface area contributed by atoms with Crippen molar-refractivity contribution in [3.05, 3.63) is 35.9 Å². The van der Waals surface area contributed by atoms with Crippen molar-refractivity contribution in [3.63, 3.8) is 0 Å². The van der Waals surface area contributed by atoms with E-state index >= 15 is 0 Å². The van der Waals surface area contributed by atoms with E-state index in [2.05, 4.69) is 0 Å². The first-order valence-electron chi connectivity index (χ1n) is 9.38. The van der Waals surface area contributed by atoms with Gasteiger partial charge in [0.2, 0.25) is 0 Å². The fourth-order valence-electron chi connectivity index (χ4n) is 3.44. The molecule has 2 atom stereocenters. The van der Waals surface area contributed by atoms with Crippen molar-refractivity contribution in [1.29, 1.82) is 0 Å². The van der Waals surface area contributed by atoms with Crippen molar-refractivity contribution in [2.75, 3.05) is 13.1 Å². The van der Waals surface area contributed by atoms with Crippen molar-refractivity contribution in [3.8, 4) is 0 Å². The molecule has 1 saturated heterocycles. The van der Waals surface area contributed by atoms with Crippen molar-refractivity contribution >= 4 is 18.0 Å². The number of carbonyl (C=O) groups is 3. The molecule has 2 amide bonds. The van der Waals surface area contributed by atoms with Crippen LogP contribution in [0.1, 0.15) is 38.7 Å². The van der Waals surface area contributed by atoms with E-state index in [0.717, 1.165) is 5.56 Å². The van der Waals surface area contributed by atoms with Gasteiger partial charge < -0.3 is 20.0 Å². The monoisotopic (exact) mass is 376 g/mol. The summed E-state index contributed by atoms with van der Waals surface area (Å²) in [7, 11) is 0. The zero-order valence-electron chi connectivity index (χ0n) is 15.9. The minimum Gasteiger partial charge on any atom is -0.481 e. The summed E-state index contributed by atoms with van der Waals surface area (Å²) >= 11 is 0. The summed E-state index contributed by atoms with van der Waals surface area (Å²) in [6, 6.07) is 8.20. The first kappa shape index (κ1) is 20.7. The Morgan fingerprint density at radius 1 is 1.19 bits per heavy atom. The number of aryl methyl sites for hydroxylation is 1. The fourth-order valence-corrected chi connectivity index (χ4v) is 3.44. The molecule has 1 heterocycles. The van der Waals surface area contributed by atoms with Gasteiger partial charge in [-0.3, -0.25) is 4.79 Å². The number of benzene rings is 1. The molecule has 0 spiro atoms. The van der Waals surface area contributed by atoms with Gasteiger partial charge in [0.25, 0.3) is 0 Å². The zero-order chi connectivity index (χ0) is 20.0. The third kappa shape index (κ3) is 5.45. The second kappa shape index (κ2) is 9.39. The second-order valence-corrected chi connectivity index (χ2v) is 7.28. The molecular formula is C20H28N2O5. The summed E-state index contributed by atoms with van der Waals surface area (Å²) in [4.78, 5) is 38.9. The van der Waals surface area contributed by atoms with Crippen LogP contribution in [0.3, 0.4) is 0 Å². The van der Waals surface area contributed by atoms with Gasteiger partial charge in [-0.25, -0.2) is 9.59 Å². The van der Waals surface area contributed by atoms with E-state index < -0.39 is 23.9 Å². The molecule has 148 valence electrons. The largest absolute Gasteiger partial charge is 0.481 e. The maximum absolute atomic E-state index is 12.9. The predicted molar refractivity (Wildman–Crippen MR) is 100 cm³/mol. The van der Waals surface area contributed by atoms with Crippen LogP contribution in [0, 0.1) is 5.92 Å². The van der Waals surface area contributed by atoms with Gasteiger partial charge in [0.15, 0.2) is 0 Å². The number of carboxylic acid groups (broad SMARTS) is 2. The molecule has 0 bridgehead atoms. The van der Waals surface area contributed by atoms with Gasteiger partial charge in [-0.1, -0.05) is 30.3 Å². The molecule has 7 nitrogen and oxygen atoms in total. The van der Waals surface area contributed by atoms with E-state index in [9.17, 15) is 24.6 Å². The number of likely N-dealkylation sites (tertiary alicyclic amines) is 1. The van der Waals surface area contributed by atoms with E-state index in [4.69, 9.17) is 0 Å². The van der Waals surface area contributed by atoms with Crippen molar-refractivity contribution in [1.82, 2.24) is 9.80 Å². The zero-order valence-corrected chi connectivity index (χ0v) is 15.9. The van der Waals surface area contributed by atoms with Crippen LogP contribution in [0.5, 0.6) is 0 Å². The molecule has 0 aliphatic carbocycles. The number of hydrogen-bond donors (Lipinski definition) is 2.